The van der Waals surface area contributed by atoms with Crippen LogP contribution in [0, 0.1) is 13.8 Å². The van der Waals surface area contributed by atoms with E-state index < -0.39 is 0 Å². The van der Waals surface area contributed by atoms with Crippen molar-refractivity contribution in [2.45, 2.75) is 32.7 Å². The number of nitrogens with one attached hydrogen (secondary N) is 1. The molecule has 2 aromatic rings. The normalized spacial score (nSPS) is 12.4. The van der Waals surface area contributed by atoms with Crippen LogP contribution in [0.15, 0.2) is 42.6 Å². The number of aryl methyl sites for hydroxylation is 2. The Kier molecular flexibility index (Phi) is 4.69. The van der Waals surface area contributed by atoms with Gasteiger partial charge in [-0.1, -0.05) is 35.4 Å². The molecular weight excluding hydrogens is 232 g/mol. The Hall–Kier alpha value is -1.67. The SMILES string of the molecule is CNC(Cc1cc(C)cc(C)c1)Cc1ccccn1. The molecule has 1 N–H and O–H groups in total. The molecule has 0 spiro atoms. The number of benzene rings is 1. The summed E-state index contributed by atoms with van der Waals surface area (Å²) in [6, 6.07) is 13.3. The molecule has 2 heteroatoms. The number of likely N-dealkylation sites (N-methyl/N-ethyl adjacent to an activating group) is 1. The summed E-state index contributed by atoms with van der Waals surface area (Å²) in [7, 11) is 2.02. The van der Waals surface area contributed by atoms with E-state index in [1.807, 2.05) is 25.4 Å². The van der Waals surface area contributed by atoms with Crippen LogP contribution in [0.5, 0.6) is 0 Å². The number of hydrogen-bond acceptors (Lipinski definition) is 2. The summed E-state index contributed by atoms with van der Waals surface area (Å²) in [6.45, 7) is 4.31. The topological polar surface area (TPSA) is 24.9 Å². The first kappa shape index (κ1) is 13.8. The van der Waals surface area contributed by atoms with Crippen LogP contribution in [0.4, 0.5) is 0 Å². The van der Waals surface area contributed by atoms with Crippen molar-refractivity contribution >= 4 is 0 Å². The predicted molar refractivity (Wildman–Crippen MR) is 80.4 cm³/mol. The van der Waals surface area contributed by atoms with E-state index in [1.165, 1.54) is 16.7 Å². The number of hydrogen-bond donors (Lipinski definition) is 1. The number of nitrogens with zero attached hydrogens (tertiary/aromatic N) is 1. The van der Waals surface area contributed by atoms with Crippen molar-refractivity contribution in [1.29, 1.82) is 0 Å². The quantitative estimate of drug-likeness (QED) is 0.887. The van der Waals surface area contributed by atoms with Gasteiger partial charge >= 0.3 is 0 Å². The first-order valence-corrected chi connectivity index (χ1v) is 6.81. The third-order valence-electron chi connectivity index (χ3n) is 3.35. The van der Waals surface area contributed by atoms with E-state index in [1.54, 1.807) is 0 Å². The van der Waals surface area contributed by atoms with Gasteiger partial charge in [0.25, 0.3) is 0 Å². The average molecular weight is 254 g/mol. The molecule has 0 amide bonds. The molecule has 2 rings (SSSR count). The van der Waals surface area contributed by atoms with Gasteiger partial charge in [-0.25, -0.2) is 0 Å². The molecule has 0 aliphatic carbocycles. The lowest BCUT2D eigenvalue weighted by Gasteiger charge is -2.16. The molecule has 0 aliphatic heterocycles. The number of aromatic nitrogens is 1. The van der Waals surface area contributed by atoms with Gasteiger partial charge in [-0.3, -0.25) is 4.98 Å². The molecule has 0 saturated carbocycles. The van der Waals surface area contributed by atoms with Crippen molar-refractivity contribution in [3.8, 4) is 0 Å². The lowest BCUT2D eigenvalue weighted by atomic mass is 9.98. The maximum absolute atomic E-state index is 4.40. The molecular formula is C17H22N2. The first-order valence-electron chi connectivity index (χ1n) is 6.81. The van der Waals surface area contributed by atoms with E-state index in [0.29, 0.717) is 6.04 Å². The Bertz CT molecular complexity index is 500. The summed E-state index contributed by atoms with van der Waals surface area (Å²) in [5.41, 5.74) is 5.21. The molecule has 1 atom stereocenters. The summed E-state index contributed by atoms with van der Waals surface area (Å²) in [5.74, 6) is 0. The van der Waals surface area contributed by atoms with Crippen LogP contribution in [0.3, 0.4) is 0 Å². The minimum atomic E-state index is 0.427. The van der Waals surface area contributed by atoms with Gasteiger partial charge in [0, 0.05) is 24.4 Å². The second kappa shape index (κ2) is 6.48. The minimum Gasteiger partial charge on any atom is -0.316 e. The Morgan fingerprint density at radius 1 is 1.05 bits per heavy atom. The van der Waals surface area contributed by atoms with Crippen LogP contribution >= 0.6 is 0 Å². The molecule has 2 nitrogen and oxygen atoms in total. The van der Waals surface area contributed by atoms with Gasteiger partial charge in [0.1, 0.15) is 0 Å². The van der Waals surface area contributed by atoms with Gasteiger partial charge in [0.15, 0.2) is 0 Å². The Labute approximate surface area is 115 Å². The van der Waals surface area contributed by atoms with Crippen molar-refractivity contribution in [3.05, 3.63) is 65.0 Å². The van der Waals surface area contributed by atoms with E-state index in [2.05, 4.69) is 48.4 Å². The van der Waals surface area contributed by atoms with Crippen molar-refractivity contribution in [3.63, 3.8) is 0 Å². The number of rotatable bonds is 5. The average Bonchev–Trinajstić information content (AvgIpc) is 2.38. The van der Waals surface area contributed by atoms with Gasteiger partial charge < -0.3 is 5.32 Å². The van der Waals surface area contributed by atoms with Gasteiger partial charge in [-0.2, -0.15) is 0 Å². The zero-order valence-corrected chi connectivity index (χ0v) is 12.0. The molecule has 0 aliphatic rings. The van der Waals surface area contributed by atoms with Crippen molar-refractivity contribution < 1.29 is 0 Å². The molecule has 1 aromatic carbocycles. The van der Waals surface area contributed by atoms with Crippen LogP contribution in [-0.2, 0) is 12.8 Å². The Morgan fingerprint density at radius 3 is 2.37 bits per heavy atom. The molecule has 1 aromatic heterocycles. The minimum absolute atomic E-state index is 0.427. The van der Waals surface area contributed by atoms with Gasteiger partial charge in [-0.05, 0) is 45.0 Å². The predicted octanol–water partition coefficient (Wildman–Crippen LogP) is 3.07. The molecule has 1 heterocycles. The highest BCUT2D eigenvalue weighted by molar-refractivity contribution is 5.29. The lowest BCUT2D eigenvalue weighted by molar-refractivity contribution is 0.550. The van der Waals surface area contributed by atoms with Crippen molar-refractivity contribution in [2.24, 2.45) is 0 Å². The molecule has 0 bridgehead atoms. The maximum atomic E-state index is 4.40. The van der Waals surface area contributed by atoms with Gasteiger partial charge in [0.2, 0.25) is 0 Å². The first-order chi connectivity index (χ1) is 9.17. The molecule has 0 saturated heterocycles. The molecule has 100 valence electrons. The van der Waals surface area contributed by atoms with Crippen LogP contribution in [-0.4, -0.2) is 18.1 Å². The van der Waals surface area contributed by atoms with Gasteiger partial charge in [-0.15, -0.1) is 0 Å². The zero-order chi connectivity index (χ0) is 13.7. The maximum Gasteiger partial charge on any atom is 0.0419 e. The summed E-state index contributed by atoms with van der Waals surface area (Å²) in [6.07, 6.45) is 3.86. The highest BCUT2D eigenvalue weighted by atomic mass is 14.9. The van der Waals surface area contributed by atoms with Crippen molar-refractivity contribution in [2.75, 3.05) is 7.05 Å². The monoisotopic (exact) mass is 254 g/mol. The highest BCUT2D eigenvalue weighted by Crippen LogP contribution is 2.12. The zero-order valence-electron chi connectivity index (χ0n) is 12.0. The summed E-state index contributed by atoms with van der Waals surface area (Å²) < 4.78 is 0. The second-order valence-electron chi connectivity index (χ2n) is 5.21. The van der Waals surface area contributed by atoms with E-state index in [9.17, 15) is 0 Å². The van der Waals surface area contributed by atoms with Crippen LogP contribution < -0.4 is 5.32 Å². The smallest absolute Gasteiger partial charge is 0.0419 e. The molecule has 19 heavy (non-hydrogen) atoms. The Balaban J connectivity index is 2.06. The highest BCUT2D eigenvalue weighted by Gasteiger charge is 2.09. The summed E-state index contributed by atoms with van der Waals surface area (Å²) in [5, 5.41) is 3.40. The van der Waals surface area contributed by atoms with E-state index in [-0.39, 0.29) is 0 Å². The molecule has 0 radical (unpaired) electrons. The fourth-order valence-corrected chi connectivity index (χ4v) is 2.52. The van der Waals surface area contributed by atoms with Crippen LogP contribution in [0.2, 0.25) is 0 Å². The lowest BCUT2D eigenvalue weighted by Crippen LogP contribution is -2.30. The largest absolute Gasteiger partial charge is 0.316 e. The van der Waals surface area contributed by atoms with Crippen LogP contribution in [0.1, 0.15) is 22.4 Å². The van der Waals surface area contributed by atoms with Crippen LogP contribution in [0.25, 0.3) is 0 Å². The van der Waals surface area contributed by atoms with E-state index in [0.717, 1.165) is 18.5 Å². The molecule has 1 unspecified atom stereocenters. The molecule has 0 fully saturated rings. The summed E-state index contributed by atoms with van der Waals surface area (Å²) in [4.78, 5) is 4.40. The third-order valence-corrected chi connectivity index (χ3v) is 3.35. The standard InChI is InChI=1S/C17H22N2/c1-13-8-14(2)10-15(9-13)11-17(18-3)12-16-6-4-5-7-19-16/h4-10,17-18H,11-12H2,1-3H3. The second-order valence-corrected chi connectivity index (χ2v) is 5.21. The van der Waals surface area contributed by atoms with Crippen molar-refractivity contribution in [1.82, 2.24) is 10.3 Å². The summed E-state index contributed by atoms with van der Waals surface area (Å²) >= 11 is 0. The van der Waals surface area contributed by atoms with Gasteiger partial charge in [0.05, 0.1) is 0 Å². The van der Waals surface area contributed by atoms with E-state index >= 15 is 0 Å². The third kappa shape index (κ3) is 4.18. The number of pyridine rings is 1. The fraction of sp³-hybridized carbons (Fsp3) is 0.353. The van der Waals surface area contributed by atoms with E-state index in [4.69, 9.17) is 0 Å². The fourth-order valence-electron chi connectivity index (χ4n) is 2.52. The Morgan fingerprint density at radius 2 is 1.79 bits per heavy atom.